The summed E-state index contributed by atoms with van der Waals surface area (Å²) >= 11 is 0. The molecule has 0 atom stereocenters. The van der Waals surface area contributed by atoms with Gasteiger partial charge in [-0.25, -0.2) is 9.97 Å². The molecule has 0 bridgehead atoms. The third-order valence-corrected chi connectivity index (χ3v) is 4.62. The number of hydrogen-bond donors (Lipinski definition) is 3. The number of aryl methyl sites for hydroxylation is 1. The molecule has 1 aromatic carbocycles. The molecule has 0 fully saturated rings. The van der Waals surface area contributed by atoms with Crippen LogP contribution >= 0.6 is 0 Å². The lowest BCUT2D eigenvalue weighted by Gasteiger charge is -2.16. The zero-order valence-electron chi connectivity index (χ0n) is 15.5. The number of methoxy groups -OCH3 is 1. The molecule has 1 heterocycles. The minimum atomic E-state index is 0.508. The lowest BCUT2D eigenvalue weighted by molar-refractivity contribution is 0.416. The quantitative estimate of drug-likeness (QED) is 0.639. The molecule has 0 radical (unpaired) electrons. The van der Waals surface area contributed by atoms with Crippen molar-refractivity contribution in [2.45, 2.75) is 39.0 Å². The highest BCUT2D eigenvalue weighted by atomic mass is 16.5. The van der Waals surface area contributed by atoms with E-state index in [-0.39, 0.29) is 0 Å². The molecule has 0 unspecified atom stereocenters. The summed E-state index contributed by atoms with van der Waals surface area (Å²) in [7, 11) is 1.64. The van der Waals surface area contributed by atoms with Crippen LogP contribution in [0, 0.1) is 6.92 Å². The van der Waals surface area contributed by atoms with Gasteiger partial charge in [0, 0.05) is 6.54 Å². The Hall–Kier alpha value is -2.76. The first-order valence-electron chi connectivity index (χ1n) is 9.11. The Morgan fingerprint density at radius 2 is 2.04 bits per heavy atom. The monoisotopic (exact) mass is 353 g/mol. The molecule has 6 nitrogen and oxygen atoms in total. The van der Waals surface area contributed by atoms with Gasteiger partial charge in [-0.2, -0.15) is 0 Å². The molecule has 0 spiro atoms. The number of benzene rings is 1. The smallest absolute Gasteiger partial charge is 0.159 e. The van der Waals surface area contributed by atoms with E-state index in [9.17, 15) is 0 Å². The molecule has 0 saturated carbocycles. The van der Waals surface area contributed by atoms with Crippen LogP contribution in [0.1, 0.15) is 37.7 Å². The average molecular weight is 353 g/mol. The van der Waals surface area contributed by atoms with E-state index in [1.807, 2.05) is 25.1 Å². The van der Waals surface area contributed by atoms with Gasteiger partial charge in [-0.3, -0.25) is 0 Å². The standard InChI is InChI=1S/C20H27N5O/c1-14-8-9-17(26-2)16(12-14)25-20-18(21)19(23-13-24-20)22-11-10-15-6-4-3-5-7-15/h6,8-9,12-13H,3-5,7,10-11,21H2,1-2H3,(H2,22,23,24,25). The number of anilines is 4. The lowest BCUT2D eigenvalue weighted by Crippen LogP contribution is -2.10. The zero-order chi connectivity index (χ0) is 18.4. The SMILES string of the molecule is COc1ccc(C)cc1Nc1ncnc(NCCC2=CCCCC2)c1N. The predicted molar refractivity (Wildman–Crippen MR) is 107 cm³/mol. The highest BCUT2D eigenvalue weighted by Gasteiger charge is 2.11. The van der Waals surface area contributed by atoms with Gasteiger partial charge in [-0.05, 0) is 56.7 Å². The molecule has 3 rings (SSSR count). The Labute approximate surface area is 154 Å². The normalized spacial score (nSPS) is 13.8. The number of hydrogen-bond acceptors (Lipinski definition) is 6. The first-order chi connectivity index (χ1) is 12.7. The number of nitrogen functional groups attached to an aromatic ring is 1. The maximum absolute atomic E-state index is 6.27. The fraction of sp³-hybridized carbons (Fsp3) is 0.400. The summed E-state index contributed by atoms with van der Waals surface area (Å²) in [5.74, 6) is 1.97. The number of ether oxygens (including phenoxy) is 1. The van der Waals surface area contributed by atoms with E-state index in [4.69, 9.17) is 10.5 Å². The number of allylic oxidation sites excluding steroid dienone is 1. The Kier molecular flexibility index (Phi) is 5.94. The van der Waals surface area contributed by atoms with Crippen molar-refractivity contribution in [3.63, 3.8) is 0 Å². The Morgan fingerprint density at radius 1 is 1.19 bits per heavy atom. The summed E-state index contributed by atoms with van der Waals surface area (Å²) in [4.78, 5) is 8.57. The van der Waals surface area contributed by atoms with Gasteiger partial charge in [0.15, 0.2) is 11.6 Å². The van der Waals surface area contributed by atoms with Crippen LogP contribution in [0.3, 0.4) is 0 Å². The number of nitrogens with one attached hydrogen (secondary N) is 2. The van der Waals surface area contributed by atoms with E-state index in [2.05, 4.69) is 26.7 Å². The Bertz CT molecular complexity index is 788. The Balaban J connectivity index is 1.69. The predicted octanol–water partition coefficient (Wildman–Crippen LogP) is 4.42. The third kappa shape index (κ3) is 4.45. The number of aromatic nitrogens is 2. The van der Waals surface area contributed by atoms with Crippen LogP contribution in [-0.2, 0) is 0 Å². The van der Waals surface area contributed by atoms with E-state index in [0.29, 0.717) is 17.3 Å². The third-order valence-electron chi connectivity index (χ3n) is 4.62. The van der Waals surface area contributed by atoms with Crippen molar-refractivity contribution in [2.75, 3.05) is 30.0 Å². The van der Waals surface area contributed by atoms with Gasteiger partial charge in [-0.15, -0.1) is 0 Å². The van der Waals surface area contributed by atoms with Gasteiger partial charge in [-0.1, -0.05) is 17.7 Å². The first kappa shape index (κ1) is 18.0. The van der Waals surface area contributed by atoms with E-state index in [1.54, 1.807) is 7.11 Å². The minimum absolute atomic E-state index is 0.508. The van der Waals surface area contributed by atoms with Gasteiger partial charge < -0.3 is 21.1 Å². The van der Waals surface area contributed by atoms with E-state index in [0.717, 1.165) is 30.0 Å². The van der Waals surface area contributed by atoms with Crippen LogP contribution in [0.5, 0.6) is 5.75 Å². The molecule has 1 aromatic heterocycles. The van der Waals surface area contributed by atoms with Crippen LogP contribution in [0.15, 0.2) is 36.2 Å². The number of nitrogens with zero attached hydrogens (tertiary/aromatic N) is 2. The zero-order valence-corrected chi connectivity index (χ0v) is 15.5. The molecule has 0 amide bonds. The van der Waals surface area contributed by atoms with Crippen molar-refractivity contribution >= 4 is 23.0 Å². The van der Waals surface area contributed by atoms with Crippen LogP contribution in [0.25, 0.3) is 0 Å². The van der Waals surface area contributed by atoms with Crippen LogP contribution in [0.4, 0.5) is 23.0 Å². The van der Waals surface area contributed by atoms with E-state index < -0.39 is 0 Å². The molecular formula is C20H27N5O. The number of nitrogens with two attached hydrogens (primary N) is 1. The summed E-state index contributed by atoms with van der Waals surface area (Å²) in [6.07, 6.45) is 9.94. The van der Waals surface area contributed by atoms with Crippen LogP contribution in [0.2, 0.25) is 0 Å². The highest BCUT2D eigenvalue weighted by Crippen LogP contribution is 2.31. The van der Waals surface area contributed by atoms with Crippen molar-refractivity contribution in [1.29, 1.82) is 0 Å². The summed E-state index contributed by atoms with van der Waals surface area (Å²) < 4.78 is 5.41. The van der Waals surface area contributed by atoms with Gasteiger partial charge in [0.1, 0.15) is 17.8 Å². The average Bonchev–Trinajstić information content (AvgIpc) is 2.66. The van der Waals surface area contributed by atoms with Crippen LogP contribution < -0.4 is 21.1 Å². The molecular weight excluding hydrogens is 326 g/mol. The summed E-state index contributed by atoms with van der Waals surface area (Å²) in [6, 6.07) is 5.93. The molecule has 26 heavy (non-hydrogen) atoms. The summed E-state index contributed by atoms with van der Waals surface area (Å²) in [5, 5.41) is 6.60. The second-order valence-electron chi connectivity index (χ2n) is 6.60. The van der Waals surface area contributed by atoms with E-state index >= 15 is 0 Å². The topological polar surface area (TPSA) is 85.1 Å². The fourth-order valence-electron chi connectivity index (χ4n) is 3.16. The molecule has 1 aliphatic carbocycles. The van der Waals surface area contributed by atoms with Crippen molar-refractivity contribution in [2.24, 2.45) is 0 Å². The molecule has 138 valence electrons. The minimum Gasteiger partial charge on any atom is -0.495 e. The van der Waals surface area contributed by atoms with Gasteiger partial charge in [0.25, 0.3) is 0 Å². The maximum atomic E-state index is 6.27. The van der Waals surface area contributed by atoms with Crippen LogP contribution in [-0.4, -0.2) is 23.6 Å². The first-order valence-corrected chi connectivity index (χ1v) is 9.11. The van der Waals surface area contributed by atoms with Crippen molar-refractivity contribution in [3.05, 3.63) is 41.7 Å². The van der Waals surface area contributed by atoms with Gasteiger partial charge in [0.2, 0.25) is 0 Å². The molecule has 0 saturated heterocycles. The Morgan fingerprint density at radius 3 is 2.81 bits per heavy atom. The van der Waals surface area contributed by atoms with Crippen molar-refractivity contribution in [3.8, 4) is 5.75 Å². The molecule has 1 aliphatic rings. The molecule has 2 aromatic rings. The van der Waals surface area contributed by atoms with Gasteiger partial charge >= 0.3 is 0 Å². The maximum Gasteiger partial charge on any atom is 0.159 e. The summed E-state index contributed by atoms with van der Waals surface area (Å²) in [6.45, 7) is 2.85. The second kappa shape index (κ2) is 8.56. The summed E-state index contributed by atoms with van der Waals surface area (Å²) in [5.41, 5.74) is 10.3. The van der Waals surface area contributed by atoms with Crippen molar-refractivity contribution in [1.82, 2.24) is 9.97 Å². The fourth-order valence-corrected chi connectivity index (χ4v) is 3.16. The number of rotatable bonds is 7. The second-order valence-corrected chi connectivity index (χ2v) is 6.60. The van der Waals surface area contributed by atoms with Gasteiger partial charge in [0.05, 0.1) is 12.8 Å². The molecule has 4 N–H and O–H groups in total. The van der Waals surface area contributed by atoms with E-state index in [1.165, 1.54) is 37.6 Å². The largest absolute Gasteiger partial charge is 0.495 e. The lowest BCUT2D eigenvalue weighted by atomic mass is 9.97. The highest BCUT2D eigenvalue weighted by molar-refractivity contribution is 5.79. The molecule has 6 heteroatoms. The van der Waals surface area contributed by atoms with Crippen molar-refractivity contribution < 1.29 is 4.74 Å². The molecule has 0 aliphatic heterocycles.